The van der Waals surface area contributed by atoms with Gasteiger partial charge in [-0.05, 0) is 43.9 Å². The van der Waals surface area contributed by atoms with Gasteiger partial charge in [-0.25, -0.2) is 0 Å². The van der Waals surface area contributed by atoms with Crippen molar-refractivity contribution in [3.63, 3.8) is 0 Å². The van der Waals surface area contributed by atoms with Crippen molar-refractivity contribution < 1.29 is 4.79 Å². The normalized spacial score (nSPS) is 16.1. The molecule has 1 aromatic heterocycles. The summed E-state index contributed by atoms with van der Waals surface area (Å²) in [4.78, 5) is 15.7. The van der Waals surface area contributed by atoms with Gasteiger partial charge in [0.05, 0.1) is 0 Å². The number of aromatic nitrogens is 1. The zero-order chi connectivity index (χ0) is 10.5. The van der Waals surface area contributed by atoms with Gasteiger partial charge in [0, 0.05) is 18.0 Å². The van der Waals surface area contributed by atoms with E-state index in [0.717, 1.165) is 12.8 Å². The molecule has 15 heavy (non-hydrogen) atoms. The van der Waals surface area contributed by atoms with Crippen LogP contribution in [-0.4, -0.2) is 10.8 Å². The highest BCUT2D eigenvalue weighted by molar-refractivity contribution is 6.04. The lowest BCUT2D eigenvalue weighted by Crippen LogP contribution is -2.00. The summed E-state index contributed by atoms with van der Waals surface area (Å²) in [5.74, 6) is 0.0972. The van der Waals surface area contributed by atoms with Gasteiger partial charge in [0.2, 0.25) is 0 Å². The van der Waals surface area contributed by atoms with Crippen LogP contribution in [0.3, 0.4) is 0 Å². The van der Waals surface area contributed by atoms with Crippen LogP contribution in [0.25, 0.3) is 0 Å². The zero-order valence-corrected chi connectivity index (χ0v) is 8.78. The van der Waals surface area contributed by atoms with Crippen molar-refractivity contribution in [1.82, 2.24) is 4.98 Å². The quantitative estimate of drug-likeness (QED) is 0.543. The smallest absolute Gasteiger partial charge is 0.187 e. The molecule has 0 spiro atoms. The van der Waals surface area contributed by atoms with Crippen molar-refractivity contribution in [2.24, 2.45) is 0 Å². The van der Waals surface area contributed by atoms with Crippen LogP contribution >= 0.6 is 0 Å². The van der Waals surface area contributed by atoms with Gasteiger partial charge < -0.3 is 0 Å². The Labute approximate surface area is 90.0 Å². The zero-order valence-electron chi connectivity index (χ0n) is 8.78. The highest BCUT2D eigenvalue weighted by atomic mass is 16.1. The third kappa shape index (κ3) is 2.75. The van der Waals surface area contributed by atoms with Crippen LogP contribution in [0.15, 0.2) is 36.2 Å². The summed E-state index contributed by atoms with van der Waals surface area (Å²) in [6.45, 7) is 0. The van der Waals surface area contributed by atoms with Crippen molar-refractivity contribution in [3.05, 3.63) is 41.7 Å². The van der Waals surface area contributed by atoms with Crippen LogP contribution in [0.2, 0.25) is 0 Å². The molecule has 1 saturated carbocycles. The van der Waals surface area contributed by atoms with Crippen LogP contribution in [0.4, 0.5) is 0 Å². The number of hydrogen-bond donors (Lipinski definition) is 0. The molecule has 1 fully saturated rings. The fraction of sp³-hybridized carbons (Fsp3) is 0.385. The van der Waals surface area contributed by atoms with Gasteiger partial charge in [-0.15, -0.1) is 0 Å². The number of carbonyl (C=O) groups excluding carboxylic acids is 1. The van der Waals surface area contributed by atoms with Gasteiger partial charge in [-0.3, -0.25) is 9.78 Å². The van der Waals surface area contributed by atoms with Crippen molar-refractivity contribution >= 4 is 5.78 Å². The molecule has 0 aromatic carbocycles. The second-order valence-corrected chi connectivity index (χ2v) is 3.97. The Kier molecular flexibility index (Phi) is 3.28. The molecule has 0 unspecified atom stereocenters. The van der Waals surface area contributed by atoms with Crippen molar-refractivity contribution in [3.8, 4) is 0 Å². The van der Waals surface area contributed by atoms with Gasteiger partial charge in [0.25, 0.3) is 0 Å². The lowest BCUT2D eigenvalue weighted by Gasteiger charge is -2.12. The second kappa shape index (κ2) is 4.87. The lowest BCUT2D eigenvalue weighted by atomic mass is 9.93. The number of rotatable bonds is 2. The Morgan fingerprint density at radius 3 is 2.73 bits per heavy atom. The molecular weight excluding hydrogens is 186 g/mol. The Bertz CT molecular complexity index is 359. The Morgan fingerprint density at radius 2 is 2.07 bits per heavy atom. The second-order valence-electron chi connectivity index (χ2n) is 3.97. The third-order valence-corrected chi connectivity index (χ3v) is 2.78. The minimum Gasteiger partial charge on any atom is -0.289 e. The van der Waals surface area contributed by atoms with Crippen LogP contribution in [0.1, 0.15) is 42.5 Å². The fourth-order valence-corrected chi connectivity index (χ4v) is 1.93. The first kappa shape index (κ1) is 10.1. The Balaban J connectivity index is 2.08. The summed E-state index contributed by atoms with van der Waals surface area (Å²) in [6, 6.07) is 3.61. The number of ketones is 1. The highest BCUT2D eigenvalue weighted by Crippen LogP contribution is 2.23. The van der Waals surface area contributed by atoms with Crippen molar-refractivity contribution in [2.75, 3.05) is 0 Å². The lowest BCUT2D eigenvalue weighted by molar-refractivity contribution is 0.104. The predicted octanol–water partition coefficient (Wildman–Crippen LogP) is 3.15. The largest absolute Gasteiger partial charge is 0.289 e. The summed E-state index contributed by atoms with van der Waals surface area (Å²) in [5, 5.41) is 0. The van der Waals surface area contributed by atoms with Crippen LogP contribution in [0.5, 0.6) is 0 Å². The fourth-order valence-electron chi connectivity index (χ4n) is 1.93. The molecule has 0 radical (unpaired) electrons. The van der Waals surface area contributed by atoms with Crippen LogP contribution in [0, 0.1) is 0 Å². The summed E-state index contributed by atoms with van der Waals surface area (Å²) >= 11 is 0. The molecule has 0 amide bonds. The summed E-state index contributed by atoms with van der Waals surface area (Å²) in [7, 11) is 0. The standard InChI is InChI=1S/C13H15NO/c15-13(12-7-4-8-14-10-12)9-11-5-2-1-3-6-11/h4,7-10H,1-3,5-6H2. The first-order valence-corrected chi connectivity index (χ1v) is 5.50. The topological polar surface area (TPSA) is 30.0 Å². The summed E-state index contributed by atoms with van der Waals surface area (Å²) in [5.41, 5.74) is 1.99. The molecule has 0 aliphatic heterocycles. The average molecular weight is 201 g/mol. The van der Waals surface area contributed by atoms with Gasteiger partial charge >= 0.3 is 0 Å². The molecule has 0 saturated heterocycles. The summed E-state index contributed by atoms with van der Waals surface area (Å²) < 4.78 is 0. The molecule has 1 aromatic rings. The highest BCUT2D eigenvalue weighted by Gasteiger charge is 2.08. The maximum atomic E-state index is 11.8. The molecule has 78 valence electrons. The van der Waals surface area contributed by atoms with Gasteiger partial charge in [0.1, 0.15) is 0 Å². The van der Waals surface area contributed by atoms with E-state index in [9.17, 15) is 4.79 Å². The maximum absolute atomic E-state index is 11.8. The van der Waals surface area contributed by atoms with E-state index in [1.54, 1.807) is 24.5 Å². The number of hydrogen-bond acceptors (Lipinski definition) is 2. The minimum absolute atomic E-state index is 0.0972. The summed E-state index contributed by atoms with van der Waals surface area (Å²) in [6.07, 6.45) is 11.1. The van der Waals surface area contributed by atoms with E-state index in [1.165, 1.54) is 24.8 Å². The van der Waals surface area contributed by atoms with Crippen molar-refractivity contribution in [1.29, 1.82) is 0 Å². The maximum Gasteiger partial charge on any atom is 0.187 e. The van der Waals surface area contributed by atoms with E-state index in [0.29, 0.717) is 5.56 Å². The van der Waals surface area contributed by atoms with E-state index in [2.05, 4.69) is 4.98 Å². The first-order chi connectivity index (χ1) is 7.36. The molecule has 2 rings (SSSR count). The first-order valence-electron chi connectivity index (χ1n) is 5.50. The number of pyridine rings is 1. The SMILES string of the molecule is O=C(C=C1CCCCC1)c1cccnc1. The molecule has 1 heterocycles. The number of allylic oxidation sites excluding steroid dienone is 2. The molecule has 1 aliphatic carbocycles. The van der Waals surface area contributed by atoms with Gasteiger partial charge in [-0.1, -0.05) is 12.0 Å². The molecular formula is C13H15NO. The van der Waals surface area contributed by atoms with Crippen LogP contribution < -0.4 is 0 Å². The predicted molar refractivity (Wildman–Crippen MR) is 59.7 cm³/mol. The van der Waals surface area contributed by atoms with E-state index < -0.39 is 0 Å². The molecule has 0 bridgehead atoms. The monoisotopic (exact) mass is 201 g/mol. The molecule has 0 N–H and O–H groups in total. The number of nitrogens with zero attached hydrogens (tertiary/aromatic N) is 1. The average Bonchev–Trinajstić information content (AvgIpc) is 2.31. The van der Waals surface area contributed by atoms with E-state index in [1.807, 2.05) is 6.07 Å². The van der Waals surface area contributed by atoms with E-state index in [-0.39, 0.29) is 5.78 Å². The minimum atomic E-state index is 0.0972. The molecule has 2 heteroatoms. The molecule has 2 nitrogen and oxygen atoms in total. The van der Waals surface area contributed by atoms with E-state index in [4.69, 9.17) is 0 Å². The van der Waals surface area contributed by atoms with Crippen molar-refractivity contribution in [2.45, 2.75) is 32.1 Å². The van der Waals surface area contributed by atoms with E-state index >= 15 is 0 Å². The number of carbonyl (C=O) groups is 1. The van der Waals surface area contributed by atoms with Crippen LogP contribution in [-0.2, 0) is 0 Å². The molecule has 1 aliphatic rings. The van der Waals surface area contributed by atoms with Gasteiger partial charge in [0.15, 0.2) is 5.78 Å². The Morgan fingerprint density at radius 1 is 1.27 bits per heavy atom. The molecule has 0 atom stereocenters. The van der Waals surface area contributed by atoms with Gasteiger partial charge in [-0.2, -0.15) is 0 Å². The third-order valence-electron chi connectivity index (χ3n) is 2.78. The Hall–Kier alpha value is -1.44.